The zero-order chi connectivity index (χ0) is 15.6. The molecule has 1 aromatic heterocycles. The molecule has 1 heterocycles. The lowest BCUT2D eigenvalue weighted by Gasteiger charge is -2.40. The molecule has 22 heavy (non-hydrogen) atoms. The van der Waals surface area contributed by atoms with Crippen molar-refractivity contribution < 1.29 is 5.11 Å². The molecule has 1 fully saturated rings. The van der Waals surface area contributed by atoms with E-state index in [1.807, 2.05) is 24.3 Å². The Hall–Kier alpha value is -1.65. The molecule has 1 aliphatic carbocycles. The first-order chi connectivity index (χ1) is 10.6. The van der Waals surface area contributed by atoms with Gasteiger partial charge in [-0.1, -0.05) is 36.7 Å². The van der Waals surface area contributed by atoms with Crippen molar-refractivity contribution in [3.8, 4) is 0 Å². The monoisotopic (exact) mass is 317 g/mol. The van der Waals surface area contributed by atoms with Crippen LogP contribution in [0.15, 0.2) is 42.5 Å². The van der Waals surface area contributed by atoms with Crippen LogP contribution < -0.4 is 0 Å². The summed E-state index contributed by atoms with van der Waals surface area (Å²) in [6.07, 6.45) is 8.25. The van der Waals surface area contributed by atoms with Crippen LogP contribution in [0.3, 0.4) is 0 Å². The third kappa shape index (κ3) is 3.08. The van der Waals surface area contributed by atoms with Crippen molar-refractivity contribution in [3.05, 3.63) is 53.1 Å². The fourth-order valence-electron chi connectivity index (χ4n) is 3.15. The summed E-state index contributed by atoms with van der Waals surface area (Å²) in [5.74, 6) is 0.184. The molecular formula is C17H20ClN3O. The van der Waals surface area contributed by atoms with E-state index in [-0.39, 0.29) is 5.92 Å². The average molecular weight is 318 g/mol. The van der Waals surface area contributed by atoms with Gasteiger partial charge in [0, 0.05) is 5.02 Å². The van der Waals surface area contributed by atoms with E-state index in [0.717, 1.165) is 35.4 Å². The zero-order valence-electron chi connectivity index (χ0n) is 12.6. The number of aliphatic hydroxyl groups is 1. The van der Waals surface area contributed by atoms with Crippen LogP contribution in [0.1, 0.15) is 31.7 Å². The van der Waals surface area contributed by atoms with Crippen LogP contribution in [0.4, 0.5) is 0 Å². The first-order valence-corrected chi connectivity index (χ1v) is 7.97. The Balaban J connectivity index is 1.93. The van der Waals surface area contributed by atoms with Gasteiger partial charge in [-0.15, -0.1) is 0 Å². The Morgan fingerprint density at radius 1 is 1.41 bits per heavy atom. The number of benzene rings is 1. The van der Waals surface area contributed by atoms with Crippen molar-refractivity contribution in [1.29, 1.82) is 0 Å². The van der Waals surface area contributed by atoms with E-state index in [1.54, 1.807) is 11.0 Å². The number of rotatable bonds is 3. The summed E-state index contributed by atoms with van der Waals surface area (Å²) in [6, 6.07) is 7.70. The first kappa shape index (κ1) is 15.3. The summed E-state index contributed by atoms with van der Waals surface area (Å²) >= 11 is 5.94. The van der Waals surface area contributed by atoms with Crippen LogP contribution in [0.25, 0.3) is 6.08 Å². The van der Waals surface area contributed by atoms with Crippen molar-refractivity contribution in [1.82, 2.24) is 14.8 Å². The SMILES string of the molecule is C[C@H]1CCC/C(=C\c2ccc(Cl)cc2)[C@]1(O)Cn1cncn1. The smallest absolute Gasteiger partial charge is 0.137 e. The Bertz CT molecular complexity index is 651. The van der Waals surface area contributed by atoms with Gasteiger partial charge in [-0.2, -0.15) is 5.10 Å². The third-order valence-corrected chi connectivity index (χ3v) is 4.79. The van der Waals surface area contributed by atoms with Gasteiger partial charge >= 0.3 is 0 Å². The molecule has 1 aliphatic rings. The van der Waals surface area contributed by atoms with Crippen LogP contribution in [0, 0.1) is 5.92 Å². The normalized spacial score (nSPS) is 27.2. The number of hydrogen-bond donors (Lipinski definition) is 1. The molecule has 116 valence electrons. The topological polar surface area (TPSA) is 50.9 Å². The molecular weight excluding hydrogens is 298 g/mol. The van der Waals surface area contributed by atoms with Crippen LogP contribution in [-0.4, -0.2) is 25.5 Å². The Morgan fingerprint density at radius 2 is 2.18 bits per heavy atom. The molecule has 2 atom stereocenters. The second kappa shape index (κ2) is 6.23. The van der Waals surface area contributed by atoms with E-state index in [1.165, 1.54) is 6.33 Å². The van der Waals surface area contributed by atoms with Crippen LogP contribution >= 0.6 is 11.6 Å². The van der Waals surface area contributed by atoms with Gasteiger partial charge in [0.25, 0.3) is 0 Å². The quantitative estimate of drug-likeness (QED) is 0.941. The second-order valence-electron chi connectivity index (χ2n) is 6.03. The molecule has 0 unspecified atom stereocenters. The van der Waals surface area contributed by atoms with Gasteiger partial charge < -0.3 is 5.11 Å². The maximum absolute atomic E-state index is 11.3. The molecule has 0 saturated heterocycles. The summed E-state index contributed by atoms with van der Waals surface area (Å²) in [5.41, 5.74) is 1.24. The molecule has 5 heteroatoms. The molecule has 0 bridgehead atoms. The fourth-order valence-corrected chi connectivity index (χ4v) is 3.27. The Morgan fingerprint density at radius 3 is 2.86 bits per heavy atom. The highest BCUT2D eigenvalue weighted by Crippen LogP contribution is 2.40. The summed E-state index contributed by atoms with van der Waals surface area (Å²) in [4.78, 5) is 3.97. The minimum atomic E-state index is -0.883. The average Bonchev–Trinajstić information content (AvgIpc) is 2.99. The first-order valence-electron chi connectivity index (χ1n) is 7.59. The molecule has 1 N–H and O–H groups in total. The summed E-state index contributed by atoms with van der Waals surface area (Å²) < 4.78 is 1.71. The second-order valence-corrected chi connectivity index (χ2v) is 6.47. The number of halogens is 1. The predicted molar refractivity (Wildman–Crippen MR) is 87.4 cm³/mol. The molecule has 2 aromatic rings. The van der Waals surface area contributed by atoms with Gasteiger partial charge in [-0.3, -0.25) is 0 Å². The van der Waals surface area contributed by atoms with Gasteiger partial charge in [-0.05, 0) is 48.4 Å². The van der Waals surface area contributed by atoms with Crippen LogP contribution in [-0.2, 0) is 6.54 Å². The van der Waals surface area contributed by atoms with E-state index in [9.17, 15) is 5.11 Å². The number of hydrogen-bond acceptors (Lipinski definition) is 3. The lowest BCUT2D eigenvalue weighted by Crippen LogP contribution is -2.45. The maximum atomic E-state index is 11.3. The summed E-state index contributed by atoms with van der Waals surface area (Å²) in [5, 5.41) is 16.2. The van der Waals surface area contributed by atoms with Gasteiger partial charge in [0.1, 0.15) is 18.3 Å². The lowest BCUT2D eigenvalue weighted by atomic mass is 9.72. The van der Waals surface area contributed by atoms with E-state index < -0.39 is 5.60 Å². The standard InChI is InChI=1S/C17H20ClN3O/c1-13-3-2-4-15(9-14-5-7-16(18)8-6-14)17(13,22)10-21-12-19-11-20-21/h5-9,11-13,22H,2-4,10H2,1H3/b15-9+/t13-,17-/m0/s1. The molecule has 4 nitrogen and oxygen atoms in total. The van der Waals surface area contributed by atoms with Crippen LogP contribution in [0.5, 0.6) is 0 Å². The minimum absolute atomic E-state index is 0.184. The van der Waals surface area contributed by atoms with Crippen molar-refractivity contribution in [2.75, 3.05) is 0 Å². The van der Waals surface area contributed by atoms with Crippen molar-refractivity contribution in [2.24, 2.45) is 5.92 Å². The van der Waals surface area contributed by atoms with Gasteiger partial charge in [0.05, 0.1) is 6.54 Å². The van der Waals surface area contributed by atoms with Gasteiger partial charge in [0.2, 0.25) is 0 Å². The van der Waals surface area contributed by atoms with E-state index in [0.29, 0.717) is 6.54 Å². The molecule has 0 spiro atoms. The Kier molecular flexibility index (Phi) is 4.32. The maximum Gasteiger partial charge on any atom is 0.137 e. The van der Waals surface area contributed by atoms with E-state index in [2.05, 4.69) is 23.1 Å². The number of aromatic nitrogens is 3. The molecule has 3 rings (SSSR count). The van der Waals surface area contributed by atoms with Gasteiger partial charge in [0.15, 0.2) is 0 Å². The van der Waals surface area contributed by atoms with Crippen LogP contribution in [0.2, 0.25) is 5.02 Å². The highest BCUT2D eigenvalue weighted by Gasteiger charge is 2.40. The highest BCUT2D eigenvalue weighted by molar-refractivity contribution is 6.30. The van der Waals surface area contributed by atoms with E-state index >= 15 is 0 Å². The molecule has 0 radical (unpaired) electrons. The lowest BCUT2D eigenvalue weighted by molar-refractivity contribution is -0.0126. The number of nitrogens with zero attached hydrogens (tertiary/aromatic N) is 3. The van der Waals surface area contributed by atoms with Crippen molar-refractivity contribution in [3.63, 3.8) is 0 Å². The largest absolute Gasteiger partial charge is 0.383 e. The van der Waals surface area contributed by atoms with E-state index in [4.69, 9.17) is 11.6 Å². The minimum Gasteiger partial charge on any atom is -0.383 e. The summed E-state index contributed by atoms with van der Waals surface area (Å²) in [6.45, 7) is 2.54. The third-order valence-electron chi connectivity index (χ3n) is 4.54. The highest BCUT2D eigenvalue weighted by atomic mass is 35.5. The summed E-state index contributed by atoms with van der Waals surface area (Å²) in [7, 11) is 0. The molecule has 1 aromatic carbocycles. The van der Waals surface area contributed by atoms with Gasteiger partial charge in [-0.25, -0.2) is 9.67 Å². The fraction of sp³-hybridized carbons (Fsp3) is 0.412. The van der Waals surface area contributed by atoms with Crippen molar-refractivity contribution in [2.45, 2.75) is 38.3 Å². The zero-order valence-corrected chi connectivity index (χ0v) is 13.4. The predicted octanol–water partition coefficient (Wildman–Crippen LogP) is 3.57. The molecule has 1 saturated carbocycles. The molecule has 0 aliphatic heterocycles. The Labute approximate surface area is 135 Å². The molecule has 0 amide bonds. The van der Waals surface area contributed by atoms with Crippen molar-refractivity contribution >= 4 is 17.7 Å².